The minimum Gasteiger partial charge on any atom is -0.481 e. The molecule has 1 aromatic heterocycles. The highest BCUT2D eigenvalue weighted by Crippen LogP contribution is 2.26. The maximum atomic E-state index is 12.4. The summed E-state index contributed by atoms with van der Waals surface area (Å²) in [6.45, 7) is 1.65. The van der Waals surface area contributed by atoms with E-state index in [-0.39, 0.29) is 11.9 Å². The molecule has 1 fully saturated rings. The lowest BCUT2D eigenvalue weighted by Crippen LogP contribution is -2.35. The molecule has 2 unspecified atom stereocenters. The maximum absolute atomic E-state index is 12.4. The predicted octanol–water partition coefficient (Wildman–Crippen LogP) is 0.783. The summed E-state index contributed by atoms with van der Waals surface area (Å²) in [5.41, 5.74) is 0.325. The van der Waals surface area contributed by atoms with Crippen LogP contribution in [0.1, 0.15) is 35.3 Å². The van der Waals surface area contributed by atoms with E-state index in [1.165, 1.54) is 11.8 Å². The van der Waals surface area contributed by atoms with Crippen molar-refractivity contribution >= 4 is 23.6 Å². The molecule has 8 heteroatoms. The number of H-pyrrole nitrogens is 1. The van der Waals surface area contributed by atoms with Crippen molar-refractivity contribution < 1.29 is 14.7 Å². The van der Waals surface area contributed by atoms with Gasteiger partial charge in [0.1, 0.15) is 5.03 Å². The van der Waals surface area contributed by atoms with Crippen LogP contribution in [-0.2, 0) is 4.79 Å². The molecule has 0 radical (unpaired) electrons. The fourth-order valence-electron chi connectivity index (χ4n) is 2.57. The fourth-order valence-corrected chi connectivity index (χ4v) is 3.19. The molecule has 2 rings (SSSR count). The van der Waals surface area contributed by atoms with Crippen LogP contribution in [0.5, 0.6) is 0 Å². The number of aliphatic carboxylic acids is 1. The summed E-state index contributed by atoms with van der Waals surface area (Å²) in [7, 11) is 0. The number of aryl methyl sites for hydroxylation is 1. The molecule has 3 N–H and O–H groups in total. The standard InChI is InChI=1S/C13H17N3O4S/c1-6-9(11(21-2)16-13(20)14-6)10(17)15-8-4-3-7(5-8)12(18)19/h7-8H,3-5H2,1-2H3,(H,15,17)(H,18,19)(H,14,16,20). The summed E-state index contributed by atoms with van der Waals surface area (Å²) in [6.07, 6.45) is 3.39. The molecule has 7 nitrogen and oxygen atoms in total. The van der Waals surface area contributed by atoms with Gasteiger partial charge in [-0.1, -0.05) is 0 Å². The Kier molecular flexibility index (Phi) is 4.66. The molecule has 0 bridgehead atoms. The summed E-state index contributed by atoms with van der Waals surface area (Å²) in [6, 6.07) is -0.153. The van der Waals surface area contributed by atoms with Gasteiger partial charge in [-0.3, -0.25) is 9.59 Å². The number of nitrogens with one attached hydrogen (secondary N) is 2. The molecule has 1 aliphatic rings. The van der Waals surface area contributed by atoms with E-state index in [0.29, 0.717) is 35.5 Å². The molecule has 21 heavy (non-hydrogen) atoms. The smallest absolute Gasteiger partial charge is 0.346 e. The zero-order chi connectivity index (χ0) is 15.6. The van der Waals surface area contributed by atoms with E-state index in [1.54, 1.807) is 13.2 Å². The number of nitrogens with zero attached hydrogens (tertiary/aromatic N) is 1. The van der Waals surface area contributed by atoms with Crippen LogP contribution in [-0.4, -0.2) is 39.2 Å². The average Bonchev–Trinajstić information content (AvgIpc) is 2.86. The van der Waals surface area contributed by atoms with Crippen LogP contribution in [0, 0.1) is 12.8 Å². The highest BCUT2D eigenvalue weighted by Gasteiger charge is 2.31. The first-order valence-corrected chi connectivity index (χ1v) is 7.83. The third kappa shape index (κ3) is 3.44. The summed E-state index contributed by atoms with van der Waals surface area (Å²) < 4.78 is 0. The molecular weight excluding hydrogens is 294 g/mol. The Labute approximate surface area is 125 Å². The second kappa shape index (κ2) is 6.30. The van der Waals surface area contributed by atoms with Gasteiger partial charge in [0.25, 0.3) is 5.91 Å². The van der Waals surface area contributed by atoms with Crippen LogP contribution in [0.2, 0.25) is 0 Å². The number of carboxylic acid groups (broad SMARTS) is 1. The normalized spacial score (nSPS) is 21.2. The molecule has 0 spiro atoms. The maximum Gasteiger partial charge on any atom is 0.346 e. The Hall–Kier alpha value is -1.83. The molecule has 1 saturated carbocycles. The topological polar surface area (TPSA) is 112 Å². The number of hydrogen-bond donors (Lipinski definition) is 3. The number of hydrogen-bond acceptors (Lipinski definition) is 5. The van der Waals surface area contributed by atoms with E-state index in [2.05, 4.69) is 15.3 Å². The largest absolute Gasteiger partial charge is 0.481 e. The number of carbonyl (C=O) groups excluding carboxylic acids is 1. The second-order valence-corrected chi connectivity index (χ2v) is 5.86. The van der Waals surface area contributed by atoms with Gasteiger partial charge in [0, 0.05) is 11.7 Å². The Morgan fingerprint density at radius 1 is 1.43 bits per heavy atom. The number of carbonyl (C=O) groups is 2. The van der Waals surface area contributed by atoms with Gasteiger partial charge in [-0.25, -0.2) is 4.79 Å². The molecule has 114 valence electrons. The van der Waals surface area contributed by atoms with Gasteiger partial charge in [-0.15, -0.1) is 11.8 Å². The van der Waals surface area contributed by atoms with E-state index in [0.717, 1.165) is 0 Å². The SMILES string of the molecule is CSc1nc(=O)[nH]c(C)c1C(=O)NC1CCC(C(=O)O)C1. The lowest BCUT2D eigenvalue weighted by molar-refractivity contribution is -0.141. The van der Waals surface area contributed by atoms with E-state index in [1.807, 2.05) is 0 Å². The Morgan fingerprint density at radius 3 is 2.71 bits per heavy atom. The van der Waals surface area contributed by atoms with Crippen molar-refractivity contribution in [2.24, 2.45) is 5.92 Å². The van der Waals surface area contributed by atoms with Crippen LogP contribution in [0.15, 0.2) is 9.82 Å². The number of rotatable bonds is 4. The first kappa shape index (κ1) is 15.6. The van der Waals surface area contributed by atoms with Gasteiger partial charge in [0.05, 0.1) is 11.5 Å². The van der Waals surface area contributed by atoms with Crippen LogP contribution >= 0.6 is 11.8 Å². The highest BCUT2D eigenvalue weighted by molar-refractivity contribution is 7.98. The third-order valence-corrected chi connectivity index (χ3v) is 4.31. The van der Waals surface area contributed by atoms with Crippen molar-refractivity contribution in [3.63, 3.8) is 0 Å². The van der Waals surface area contributed by atoms with E-state index in [9.17, 15) is 14.4 Å². The van der Waals surface area contributed by atoms with Crippen molar-refractivity contribution in [2.75, 3.05) is 6.26 Å². The van der Waals surface area contributed by atoms with Gasteiger partial charge in [-0.2, -0.15) is 4.98 Å². The summed E-state index contributed by atoms with van der Waals surface area (Å²) in [5, 5.41) is 12.2. The number of amides is 1. The molecule has 1 heterocycles. The lowest BCUT2D eigenvalue weighted by Gasteiger charge is -2.15. The van der Waals surface area contributed by atoms with E-state index in [4.69, 9.17) is 5.11 Å². The molecule has 0 aromatic carbocycles. The zero-order valence-corrected chi connectivity index (χ0v) is 12.6. The van der Waals surface area contributed by atoms with Gasteiger partial charge in [0.2, 0.25) is 0 Å². The van der Waals surface area contributed by atoms with Gasteiger partial charge < -0.3 is 15.4 Å². The fraction of sp³-hybridized carbons (Fsp3) is 0.538. The molecule has 0 saturated heterocycles. The molecule has 0 aliphatic heterocycles. The summed E-state index contributed by atoms with van der Waals surface area (Å²) in [4.78, 5) is 40.9. The highest BCUT2D eigenvalue weighted by atomic mass is 32.2. The number of aromatic amines is 1. The van der Waals surface area contributed by atoms with Crippen LogP contribution in [0.4, 0.5) is 0 Å². The molecule has 2 atom stereocenters. The number of aromatic nitrogens is 2. The molecular formula is C13H17N3O4S. The number of carboxylic acids is 1. The quantitative estimate of drug-likeness (QED) is 0.559. The van der Waals surface area contributed by atoms with Gasteiger partial charge in [0.15, 0.2) is 0 Å². The molecule has 1 aromatic rings. The van der Waals surface area contributed by atoms with E-state index < -0.39 is 17.6 Å². The van der Waals surface area contributed by atoms with Gasteiger partial charge in [-0.05, 0) is 32.4 Å². The van der Waals surface area contributed by atoms with Crippen molar-refractivity contribution in [3.8, 4) is 0 Å². The van der Waals surface area contributed by atoms with E-state index >= 15 is 0 Å². The van der Waals surface area contributed by atoms with Crippen molar-refractivity contribution in [3.05, 3.63) is 21.7 Å². The second-order valence-electron chi connectivity index (χ2n) is 5.07. The third-order valence-electron chi connectivity index (χ3n) is 3.62. The molecule has 1 aliphatic carbocycles. The van der Waals surface area contributed by atoms with Crippen LogP contribution in [0.25, 0.3) is 0 Å². The Bertz CT molecular complexity index is 628. The summed E-state index contributed by atoms with van der Waals surface area (Å²) >= 11 is 1.23. The molecule has 1 amide bonds. The van der Waals surface area contributed by atoms with Crippen LogP contribution < -0.4 is 11.0 Å². The number of thioether (sulfide) groups is 1. The first-order chi connectivity index (χ1) is 9.92. The Morgan fingerprint density at radius 2 is 2.14 bits per heavy atom. The first-order valence-electron chi connectivity index (χ1n) is 6.61. The van der Waals surface area contributed by atoms with Crippen molar-refractivity contribution in [2.45, 2.75) is 37.3 Å². The monoisotopic (exact) mass is 311 g/mol. The zero-order valence-electron chi connectivity index (χ0n) is 11.8. The lowest BCUT2D eigenvalue weighted by atomic mass is 10.1. The Balaban J connectivity index is 2.15. The average molecular weight is 311 g/mol. The van der Waals surface area contributed by atoms with Crippen molar-refractivity contribution in [1.29, 1.82) is 0 Å². The summed E-state index contributed by atoms with van der Waals surface area (Å²) in [5.74, 6) is -1.54. The van der Waals surface area contributed by atoms with Gasteiger partial charge >= 0.3 is 11.7 Å². The van der Waals surface area contributed by atoms with Crippen LogP contribution in [0.3, 0.4) is 0 Å². The van der Waals surface area contributed by atoms with Crippen molar-refractivity contribution in [1.82, 2.24) is 15.3 Å². The predicted molar refractivity (Wildman–Crippen MR) is 77.6 cm³/mol. The minimum absolute atomic E-state index is 0.153. The minimum atomic E-state index is -0.821.